The third-order valence-corrected chi connectivity index (χ3v) is 14.9. The van der Waals surface area contributed by atoms with Gasteiger partial charge in [-0.15, -0.1) is 11.3 Å². The van der Waals surface area contributed by atoms with Crippen molar-refractivity contribution in [1.29, 1.82) is 0 Å². The number of hydrogen-bond donors (Lipinski definition) is 1. The van der Waals surface area contributed by atoms with Crippen LogP contribution in [0.2, 0.25) is 0 Å². The van der Waals surface area contributed by atoms with Crippen molar-refractivity contribution in [1.82, 2.24) is 19.7 Å². The third kappa shape index (κ3) is 15.9. The third-order valence-electron chi connectivity index (χ3n) is 13.9. The van der Waals surface area contributed by atoms with E-state index in [1.807, 2.05) is 83.9 Å². The van der Waals surface area contributed by atoms with Gasteiger partial charge in [-0.3, -0.25) is 28.8 Å². The molecule has 2 N–H and O–H groups in total. The van der Waals surface area contributed by atoms with E-state index in [0.717, 1.165) is 36.3 Å². The molecule has 9 atom stereocenters. The average molecular weight is 938 g/mol. The van der Waals surface area contributed by atoms with Crippen LogP contribution in [-0.4, -0.2) is 126 Å². The number of likely N-dealkylation sites (tertiary alicyclic amines) is 1. The molecule has 14 heteroatoms. The summed E-state index contributed by atoms with van der Waals surface area (Å²) in [6.45, 7) is 16.5. The first-order chi connectivity index (χ1) is 31.3. The maximum absolute atomic E-state index is 14.6. The summed E-state index contributed by atoms with van der Waals surface area (Å²) in [6, 6.07) is 8.53. The molecule has 0 unspecified atom stereocenters. The van der Waals surface area contributed by atoms with Crippen molar-refractivity contribution < 1.29 is 38.2 Å². The van der Waals surface area contributed by atoms with E-state index in [4.69, 9.17) is 15.2 Å². The van der Waals surface area contributed by atoms with Crippen LogP contribution in [0.3, 0.4) is 0 Å². The Morgan fingerprint density at radius 2 is 1.50 bits per heavy atom. The molecule has 1 fully saturated rings. The molecule has 1 aliphatic rings. The van der Waals surface area contributed by atoms with Crippen molar-refractivity contribution in [2.75, 3.05) is 41.4 Å². The average Bonchev–Trinajstić information content (AvgIpc) is 4.01. The molecule has 0 saturated carbocycles. The lowest BCUT2D eigenvalue weighted by atomic mass is 9.84. The summed E-state index contributed by atoms with van der Waals surface area (Å²) in [5.41, 5.74) is 6.74. The Balaban J connectivity index is 1.73. The minimum absolute atomic E-state index is 0.0119. The molecule has 3 amide bonds. The first kappa shape index (κ1) is 56.5. The van der Waals surface area contributed by atoms with E-state index in [1.54, 1.807) is 50.7 Å². The molecule has 0 aliphatic carbocycles. The smallest absolute Gasteiger partial charge is 0.226 e. The van der Waals surface area contributed by atoms with Crippen LogP contribution in [0.4, 0.5) is 0 Å². The molecule has 0 bridgehead atoms. The monoisotopic (exact) mass is 938 g/mol. The number of carbonyl (C=O) groups is 6. The van der Waals surface area contributed by atoms with Gasteiger partial charge in [0, 0.05) is 95.8 Å². The second kappa shape index (κ2) is 27.8. The Hall–Kier alpha value is -3.85. The SMILES string of the molecule is CO[C@H]([C@@H](C)C(=O)C[C@@H](Cc1ccccc1)c1nccs1)[C@@H]1CCCN1C(=O)C[C@@H](OC)[C@H](C(C)C)N(C)C(=O)[C@@H](CC(=O)[C@H](C(C)C)N(C)C(=O)CCC(=O)[C@@H](C)CCCCN)C(C)C. The van der Waals surface area contributed by atoms with Crippen molar-refractivity contribution in [3.8, 4) is 0 Å². The molecule has 2 heterocycles. The van der Waals surface area contributed by atoms with Crippen molar-refractivity contribution in [3.63, 3.8) is 0 Å². The molecular formula is C52H83N5O8S. The number of nitrogens with two attached hydrogens (primary N) is 1. The number of ketones is 3. The minimum Gasteiger partial charge on any atom is -0.379 e. The molecule has 3 rings (SSSR count). The van der Waals surface area contributed by atoms with Crippen molar-refractivity contribution in [2.45, 2.75) is 162 Å². The lowest BCUT2D eigenvalue weighted by Crippen LogP contribution is -2.54. The summed E-state index contributed by atoms with van der Waals surface area (Å²) in [7, 11) is 6.49. The number of benzene rings is 1. The number of ether oxygens (including phenoxy) is 2. The summed E-state index contributed by atoms with van der Waals surface area (Å²) in [5.74, 6) is -2.71. The van der Waals surface area contributed by atoms with Gasteiger partial charge < -0.3 is 29.9 Å². The van der Waals surface area contributed by atoms with Crippen LogP contribution >= 0.6 is 11.3 Å². The maximum Gasteiger partial charge on any atom is 0.226 e. The van der Waals surface area contributed by atoms with Gasteiger partial charge in [-0.2, -0.15) is 0 Å². The fraction of sp³-hybridized carbons (Fsp3) is 0.712. The number of amides is 3. The largest absolute Gasteiger partial charge is 0.379 e. The highest BCUT2D eigenvalue weighted by molar-refractivity contribution is 7.09. The molecule has 2 aromatic rings. The Morgan fingerprint density at radius 3 is 2.06 bits per heavy atom. The van der Waals surface area contributed by atoms with E-state index in [1.165, 1.54) is 4.90 Å². The van der Waals surface area contributed by atoms with Gasteiger partial charge >= 0.3 is 0 Å². The molecular weight excluding hydrogens is 855 g/mol. The highest BCUT2D eigenvalue weighted by atomic mass is 32.1. The van der Waals surface area contributed by atoms with E-state index in [-0.39, 0.29) is 96.4 Å². The number of methoxy groups -OCH3 is 2. The number of likely N-dealkylation sites (N-methyl/N-ethyl adjacent to an activating group) is 2. The van der Waals surface area contributed by atoms with Gasteiger partial charge in [0.1, 0.15) is 11.6 Å². The second-order valence-electron chi connectivity index (χ2n) is 19.7. The first-order valence-corrected chi connectivity index (χ1v) is 25.3. The predicted molar refractivity (Wildman–Crippen MR) is 262 cm³/mol. The topological polar surface area (TPSA) is 170 Å². The number of aromatic nitrogens is 1. The van der Waals surface area contributed by atoms with E-state index in [2.05, 4.69) is 17.1 Å². The number of unbranched alkanes of at least 4 members (excludes halogenated alkanes) is 1. The van der Waals surface area contributed by atoms with Crippen LogP contribution in [0.15, 0.2) is 41.9 Å². The molecule has 13 nitrogen and oxygen atoms in total. The molecule has 0 radical (unpaired) electrons. The number of Topliss-reactive ketones (excluding diaryl/α,β-unsaturated/α-hetero) is 3. The zero-order valence-corrected chi connectivity index (χ0v) is 43.0. The quantitative estimate of drug-likeness (QED) is 0.0764. The van der Waals surface area contributed by atoms with Crippen LogP contribution in [0.5, 0.6) is 0 Å². The zero-order chi connectivity index (χ0) is 49.2. The number of carbonyl (C=O) groups excluding carboxylic acids is 6. The summed E-state index contributed by atoms with van der Waals surface area (Å²) < 4.78 is 12.1. The Kier molecular flexibility index (Phi) is 23.8. The lowest BCUT2D eigenvalue weighted by Gasteiger charge is -2.40. The molecule has 1 aromatic carbocycles. The van der Waals surface area contributed by atoms with Gasteiger partial charge in [-0.05, 0) is 62.0 Å². The normalized spacial score (nSPS) is 17.8. The van der Waals surface area contributed by atoms with Gasteiger partial charge in [-0.25, -0.2) is 4.98 Å². The summed E-state index contributed by atoms with van der Waals surface area (Å²) in [4.78, 5) is 93.0. The summed E-state index contributed by atoms with van der Waals surface area (Å²) in [6.07, 6.45) is 5.57. The van der Waals surface area contributed by atoms with Gasteiger partial charge in [0.25, 0.3) is 0 Å². The van der Waals surface area contributed by atoms with Crippen LogP contribution in [0, 0.1) is 35.5 Å². The van der Waals surface area contributed by atoms with E-state index in [9.17, 15) is 28.8 Å². The standard InChI is InChI=1S/C52H83N5O8S/c1-33(2)40(31-44(60)48(34(3)4)55(9)46(61)24-23-42(58)36(7)19-16-17-25-53)52(63)56(10)49(35(5)6)45(64-11)32-47(62)57-27-18-22-41(57)50(65-12)37(8)43(59)30-39(51-54-26-28-66-51)29-38-20-14-13-15-21-38/h13-15,20-21,26,28,33-37,39-41,45,48-50H,16-19,22-25,27,29-32,53H2,1-12H3/t36-,37-,39+,40-,41-,45+,48-,49-,50+/m0/s1. The van der Waals surface area contributed by atoms with Crippen LogP contribution < -0.4 is 5.73 Å². The molecule has 66 heavy (non-hydrogen) atoms. The van der Waals surface area contributed by atoms with E-state index < -0.39 is 36.1 Å². The molecule has 1 saturated heterocycles. The van der Waals surface area contributed by atoms with Gasteiger partial charge in [0.05, 0.1) is 41.8 Å². The number of hydrogen-bond acceptors (Lipinski definition) is 11. The molecule has 370 valence electrons. The Labute approximate surface area is 400 Å². The lowest BCUT2D eigenvalue weighted by molar-refractivity contribution is -0.149. The maximum atomic E-state index is 14.6. The fourth-order valence-electron chi connectivity index (χ4n) is 10.0. The van der Waals surface area contributed by atoms with Gasteiger partial charge in [0.15, 0.2) is 5.78 Å². The Bertz CT molecular complexity index is 1820. The molecule has 1 aliphatic heterocycles. The number of thiazole rings is 1. The summed E-state index contributed by atoms with van der Waals surface area (Å²) in [5, 5.41) is 2.86. The number of nitrogens with zero attached hydrogens (tertiary/aromatic N) is 4. The van der Waals surface area contributed by atoms with Gasteiger partial charge in [0.2, 0.25) is 17.7 Å². The Morgan fingerprint density at radius 1 is 0.818 bits per heavy atom. The minimum atomic E-state index is -0.768. The highest BCUT2D eigenvalue weighted by Crippen LogP contribution is 2.33. The van der Waals surface area contributed by atoms with Gasteiger partial charge in [-0.1, -0.05) is 92.1 Å². The number of rotatable bonds is 30. The zero-order valence-electron chi connectivity index (χ0n) is 42.2. The van der Waals surface area contributed by atoms with Crippen LogP contribution in [0.25, 0.3) is 0 Å². The molecule has 1 aromatic heterocycles. The fourth-order valence-corrected chi connectivity index (χ4v) is 10.8. The predicted octanol–water partition coefficient (Wildman–Crippen LogP) is 7.79. The molecule has 0 spiro atoms. The van der Waals surface area contributed by atoms with Crippen molar-refractivity contribution in [3.05, 3.63) is 52.5 Å². The van der Waals surface area contributed by atoms with Crippen LogP contribution in [-0.2, 0) is 44.7 Å². The van der Waals surface area contributed by atoms with E-state index in [0.29, 0.717) is 32.4 Å². The highest BCUT2D eigenvalue weighted by Gasteiger charge is 2.43. The van der Waals surface area contributed by atoms with E-state index >= 15 is 0 Å². The van der Waals surface area contributed by atoms with Crippen molar-refractivity contribution >= 4 is 46.4 Å². The first-order valence-electron chi connectivity index (χ1n) is 24.4. The van der Waals surface area contributed by atoms with Crippen molar-refractivity contribution in [2.24, 2.45) is 41.2 Å². The summed E-state index contributed by atoms with van der Waals surface area (Å²) >= 11 is 1.55. The second-order valence-corrected chi connectivity index (χ2v) is 20.7. The van der Waals surface area contributed by atoms with Crippen LogP contribution in [0.1, 0.15) is 136 Å².